The fraction of sp³-hybridized carbons (Fsp3) is 0.125. The number of H-pyrrole nitrogens is 1. The topological polar surface area (TPSA) is 32.9 Å². The molecule has 0 radical (unpaired) electrons. The largest absolute Gasteiger partial charge is 0.328 e. The van der Waals surface area contributed by atoms with Crippen LogP contribution in [0.25, 0.3) is 0 Å². The minimum absolute atomic E-state index is 0.138. The van der Waals surface area contributed by atoms with Gasteiger partial charge in [0.15, 0.2) is 0 Å². The molecule has 1 heterocycles. The van der Waals surface area contributed by atoms with Crippen molar-refractivity contribution in [3.05, 3.63) is 34.2 Å². The molecule has 0 saturated heterocycles. The van der Waals surface area contributed by atoms with Crippen molar-refractivity contribution in [3.63, 3.8) is 0 Å². The molecule has 3 heteroatoms. The molecule has 1 aromatic heterocycles. The summed E-state index contributed by atoms with van der Waals surface area (Å²) in [6.07, 6.45) is 1.58. The molecule has 0 fully saturated rings. The predicted molar refractivity (Wildman–Crippen MR) is 47.7 cm³/mol. The number of pyridine rings is 1. The highest BCUT2D eigenvalue weighted by molar-refractivity contribution is 9.09. The summed E-state index contributed by atoms with van der Waals surface area (Å²) in [6.45, 7) is 0. The smallest absolute Gasteiger partial charge is 0.263 e. The van der Waals surface area contributed by atoms with Crippen LogP contribution in [0.2, 0.25) is 0 Å². The summed E-state index contributed by atoms with van der Waals surface area (Å²) in [5, 5.41) is 0.585. The molecule has 1 aromatic rings. The van der Waals surface area contributed by atoms with Crippen LogP contribution in [0.15, 0.2) is 23.1 Å². The van der Waals surface area contributed by atoms with Crippen LogP contribution in [-0.4, -0.2) is 10.3 Å². The van der Waals surface area contributed by atoms with Gasteiger partial charge in [0.05, 0.1) is 10.9 Å². The van der Waals surface area contributed by atoms with Crippen molar-refractivity contribution in [1.82, 2.24) is 4.98 Å². The molecule has 2 nitrogen and oxygen atoms in total. The SMILES string of the molecule is O=c1[nH]cccc1C#CCBr. The van der Waals surface area contributed by atoms with Crippen LogP contribution >= 0.6 is 15.9 Å². The second kappa shape index (κ2) is 3.99. The van der Waals surface area contributed by atoms with Gasteiger partial charge in [0.25, 0.3) is 5.56 Å². The maximum Gasteiger partial charge on any atom is 0.263 e. The third-order valence-corrected chi connectivity index (χ3v) is 1.39. The molecule has 0 saturated carbocycles. The van der Waals surface area contributed by atoms with Crippen LogP contribution in [0.5, 0.6) is 0 Å². The van der Waals surface area contributed by atoms with Gasteiger partial charge in [-0.15, -0.1) is 0 Å². The number of rotatable bonds is 0. The molecular formula is C8H6BrNO. The number of nitrogens with one attached hydrogen (secondary N) is 1. The van der Waals surface area contributed by atoms with Crippen LogP contribution in [0.1, 0.15) is 5.56 Å². The van der Waals surface area contributed by atoms with E-state index in [1.54, 1.807) is 18.3 Å². The third kappa shape index (κ3) is 2.24. The zero-order valence-electron chi connectivity index (χ0n) is 5.73. The van der Waals surface area contributed by atoms with E-state index in [0.717, 1.165) is 0 Å². The molecule has 0 amide bonds. The molecule has 0 aromatic carbocycles. The Balaban J connectivity index is 3.05. The lowest BCUT2D eigenvalue weighted by atomic mass is 10.3. The lowest BCUT2D eigenvalue weighted by Crippen LogP contribution is -2.07. The maximum atomic E-state index is 11.0. The lowest BCUT2D eigenvalue weighted by Gasteiger charge is -1.84. The second-order valence-corrected chi connectivity index (χ2v) is 2.41. The summed E-state index contributed by atoms with van der Waals surface area (Å²) in [5.74, 6) is 5.47. The Labute approximate surface area is 72.8 Å². The minimum Gasteiger partial charge on any atom is -0.328 e. The number of hydrogen-bond acceptors (Lipinski definition) is 1. The second-order valence-electron chi connectivity index (χ2n) is 1.85. The fourth-order valence-corrected chi connectivity index (χ4v) is 0.789. The van der Waals surface area contributed by atoms with E-state index in [4.69, 9.17) is 0 Å². The van der Waals surface area contributed by atoms with Crippen molar-refractivity contribution in [2.75, 3.05) is 5.33 Å². The molecule has 11 heavy (non-hydrogen) atoms. The Morgan fingerprint density at radius 3 is 3.09 bits per heavy atom. The fourth-order valence-electron chi connectivity index (χ4n) is 0.649. The summed E-state index contributed by atoms with van der Waals surface area (Å²) in [4.78, 5) is 13.5. The number of alkyl halides is 1. The van der Waals surface area contributed by atoms with Gasteiger partial charge in [-0.05, 0) is 12.1 Å². The Kier molecular flexibility index (Phi) is 2.94. The lowest BCUT2D eigenvalue weighted by molar-refractivity contribution is 1.22. The van der Waals surface area contributed by atoms with Gasteiger partial charge in [0, 0.05) is 6.20 Å². The van der Waals surface area contributed by atoms with Gasteiger partial charge in [-0.3, -0.25) is 4.79 Å². The molecule has 0 spiro atoms. The molecule has 0 bridgehead atoms. The average Bonchev–Trinajstić information content (AvgIpc) is 2.03. The molecule has 1 N–H and O–H groups in total. The summed E-state index contributed by atoms with van der Waals surface area (Å²) in [5.41, 5.74) is 0.368. The summed E-state index contributed by atoms with van der Waals surface area (Å²) >= 11 is 3.15. The van der Waals surface area contributed by atoms with Gasteiger partial charge in [-0.1, -0.05) is 27.8 Å². The van der Waals surface area contributed by atoms with Crippen LogP contribution in [-0.2, 0) is 0 Å². The predicted octanol–water partition coefficient (Wildman–Crippen LogP) is 1.12. The standard InChI is InChI=1S/C8H6BrNO/c9-5-1-3-7-4-2-6-10-8(7)11/h2,4,6H,5H2,(H,10,11). The average molecular weight is 212 g/mol. The Bertz CT molecular complexity index is 345. The maximum absolute atomic E-state index is 11.0. The van der Waals surface area contributed by atoms with E-state index in [0.29, 0.717) is 10.9 Å². The van der Waals surface area contributed by atoms with Gasteiger partial charge < -0.3 is 4.98 Å². The monoisotopic (exact) mass is 211 g/mol. The first-order chi connectivity index (χ1) is 5.34. The number of aromatic amines is 1. The Morgan fingerprint density at radius 2 is 2.45 bits per heavy atom. The first-order valence-corrected chi connectivity index (χ1v) is 4.19. The number of halogens is 1. The van der Waals surface area contributed by atoms with E-state index >= 15 is 0 Å². The first kappa shape index (κ1) is 8.09. The van der Waals surface area contributed by atoms with E-state index in [-0.39, 0.29) is 5.56 Å². The summed E-state index contributed by atoms with van der Waals surface area (Å²) < 4.78 is 0. The van der Waals surface area contributed by atoms with E-state index in [1.807, 2.05) is 0 Å². The number of hydrogen-bond donors (Lipinski definition) is 1. The minimum atomic E-state index is -0.138. The highest BCUT2D eigenvalue weighted by Crippen LogP contribution is 1.85. The highest BCUT2D eigenvalue weighted by Gasteiger charge is 1.89. The molecule has 0 aliphatic rings. The normalized spacial score (nSPS) is 8.45. The third-order valence-electron chi connectivity index (χ3n) is 1.11. The van der Waals surface area contributed by atoms with Crippen molar-refractivity contribution < 1.29 is 0 Å². The van der Waals surface area contributed by atoms with Crippen molar-refractivity contribution in [2.24, 2.45) is 0 Å². The molecule has 0 unspecified atom stereocenters. The van der Waals surface area contributed by atoms with Crippen LogP contribution in [0.4, 0.5) is 0 Å². The molecule has 0 atom stereocenters. The molecular weight excluding hydrogens is 206 g/mol. The number of aromatic nitrogens is 1. The van der Waals surface area contributed by atoms with Crippen molar-refractivity contribution in [1.29, 1.82) is 0 Å². The van der Waals surface area contributed by atoms with Gasteiger partial charge in [0.1, 0.15) is 0 Å². The summed E-state index contributed by atoms with van der Waals surface area (Å²) in [6, 6.07) is 3.44. The van der Waals surface area contributed by atoms with Gasteiger partial charge in [0.2, 0.25) is 0 Å². The van der Waals surface area contributed by atoms with Gasteiger partial charge >= 0.3 is 0 Å². The van der Waals surface area contributed by atoms with Crippen molar-refractivity contribution in [2.45, 2.75) is 0 Å². The molecule has 0 aliphatic heterocycles. The van der Waals surface area contributed by atoms with Crippen LogP contribution in [0, 0.1) is 11.8 Å². The van der Waals surface area contributed by atoms with Crippen molar-refractivity contribution >= 4 is 15.9 Å². The van der Waals surface area contributed by atoms with E-state index in [1.165, 1.54) is 0 Å². The van der Waals surface area contributed by atoms with Crippen molar-refractivity contribution in [3.8, 4) is 11.8 Å². The molecule has 1 rings (SSSR count). The first-order valence-electron chi connectivity index (χ1n) is 3.07. The van der Waals surface area contributed by atoms with Gasteiger partial charge in [-0.2, -0.15) is 0 Å². The highest BCUT2D eigenvalue weighted by atomic mass is 79.9. The zero-order chi connectivity index (χ0) is 8.10. The van der Waals surface area contributed by atoms with Crippen LogP contribution < -0.4 is 5.56 Å². The Hall–Kier alpha value is -1.01. The zero-order valence-corrected chi connectivity index (χ0v) is 7.31. The van der Waals surface area contributed by atoms with E-state index in [9.17, 15) is 4.79 Å². The van der Waals surface area contributed by atoms with Crippen LogP contribution in [0.3, 0.4) is 0 Å². The Morgan fingerprint density at radius 1 is 1.64 bits per heavy atom. The summed E-state index contributed by atoms with van der Waals surface area (Å²) in [7, 11) is 0. The quantitative estimate of drug-likeness (QED) is 0.507. The van der Waals surface area contributed by atoms with E-state index in [2.05, 4.69) is 32.8 Å². The molecule has 56 valence electrons. The molecule has 0 aliphatic carbocycles. The van der Waals surface area contributed by atoms with E-state index < -0.39 is 0 Å². The van der Waals surface area contributed by atoms with Gasteiger partial charge in [-0.25, -0.2) is 0 Å².